The number of halogens is 1. The number of hydrogen-bond acceptors (Lipinski definition) is 4. The maximum absolute atomic E-state index is 13.2. The topological polar surface area (TPSA) is 80.1 Å². The number of imidazole rings is 1. The SMILES string of the molecule is Cc1ccc(C([O-])=C2C(=O)C(=O)N(CCC[n+]3cc[nH]c3)C2c2cccs2)cc1.Cl. The van der Waals surface area contributed by atoms with Gasteiger partial charge in [0.2, 0.25) is 12.1 Å². The number of amides is 1. The molecule has 1 unspecified atom stereocenters. The number of nitrogens with zero attached hydrogens (tertiary/aromatic N) is 2. The van der Waals surface area contributed by atoms with Gasteiger partial charge in [0.15, 0.2) is 0 Å². The number of likely N-dealkylation sites (tertiary alicyclic amines) is 1. The van der Waals surface area contributed by atoms with Gasteiger partial charge in [-0.1, -0.05) is 41.7 Å². The molecule has 2 aromatic heterocycles. The second-order valence-electron chi connectivity index (χ2n) is 7.06. The third-order valence-corrected chi connectivity index (χ3v) is 6.00. The van der Waals surface area contributed by atoms with Gasteiger partial charge in [-0.3, -0.25) is 14.6 Å². The Hall–Kier alpha value is -2.90. The number of aryl methyl sites for hydroxylation is 2. The van der Waals surface area contributed by atoms with Gasteiger partial charge in [0, 0.05) is 23.4 Å². The lowest BCUT2D eigenvalue weighted by Crippen LogP contribution is -2.35. The normalized spacial score (nSPS) is 17.9. The van der Waals surface area contributed by atoms with Crippen molar-refractivity contribution < 1.29 is 19.3 Å². The monoisotopic (exact) mass is 443 g/mol. The predicted molar refractivity (Wildman–Crippen MR) is 115 cm³/mol. The third-order valence-electron chi connectivity index (χ3n) is 5.07. The fraction of sp³-hybridized carbons (Fsp3) is 0.227. The van der Waals surface area contributed by atoms with Crippen LogP contribution < -0.4 is 9.67 Å². The molecule has 8 heteroatoms. The van der Waals surface area contributed by atoms with Crippen molar-refractivity contribution in [3.63, 3.8) is 0 Å². The molecule has 1 aliphatic heterocycles. The minimum Gasteiger partial charge on any atom is -0.872 e. The summed E-state index contributed by atoms with van der Waals surface area (Å²) < 4.78 is 1.98. The molecule has 3 heterocycles. The maximum atomic E-state index is 13.2. The highest BCUT2D eigenvalue weighted by molar-refractivity contribution is 7.10. The molecule has 1 amide bonds. The molecule has 6 nitrogen and oxygen atoms in total. The molecule has 0 spiro atoms. The van der Waals surface area contributed by atoms with Crippen molar-refractivity contribution >= 4 is 41.2 Å². The van der Waals surface area contributed by atoms with Crippen LogP contribution in [-0.4, -0.2) is 28.1 Å². The molecule has 30 heavy (non-hydrogen) atoms. The number of aromatic amines is 1. The van der Waals surface area contributed by atoms with Crippen molar-refractivity contribution in [3.8, 4) is 0 Å². The first-order chi connectivity index (χ1) is 14.1. The van der Waals surface area contributed by atoms with Crippen molar-refractivity contribution in [2.45, 2.75) is 25.9 Å². The Morgan fingerprint density at radius 1 is 1.23 bits per heavy atom. The predicted octanol–water partition coefficient (Wildman–Crippen LogP) is 2.41. The second kappa shape index (κ2) is 9.28. The minimum absolute atomic E-state index is 0. The summed E-state index contributed by atoms with van der Waals surface area (Å²) in [6.07, 6.45) is 6.25. The zero-order valence-electron chi connectivity index (χ0n) is 16.4. The molecular weight excluding hydrogens is 422 g/mol. The van der Waals surface area contributed by atoms with E-state index >= 15 is 0 Å². The van der Waals surface area contributed by atoms with Crippen LogP contribution >= 0.6 is 23.7 Å². The van der Waals surface area contributed by atoms with Crippen molar-refractivity contribution in [3.05, 3.63) is 82.1 Å². The van der Waals surface area contributed by atoms with Crippen LogP contribution in [0, 0.1) is 6.92 Å². The second-order valence-corrected chi connectivity index (χ2v) is 8.04. The highest BCUT2D eigenvalue weighted by Crippen LogP contribution is 2.40. The average molecular weight is 444 g/mol. The standard InChI is InChI=1S/C22H21N3O3S.ClH/c1-15-5-7-16(8-6-15)20(26)18-19(17-4-2-13-29-17)25(22(28)21(18)27)11-3-10-24-12-9-23-14-24;/h2,4-9,12-14,19H,3,10-11H2,1H3,(H,26,27);1H. The Morgan fingerprint density at radius 2 is 2.00 bits per heavy atom. The van der Waals surface area contributed by atoms with Gasteiger partial charge in [-0.2, -0.15) is 0 Å². The van der Waals surface area contributed by atoms with Crippen LogP contribution in [0.15, 0.2) is 66.1 Å². The van der Waals surface area contributed by atoms with Gasteiger partial charge in [-0.15, -0.1) is 23.7 Å². The first kappa shape index (κ1) is 21.8. The van der Waals surface area contributed by atoms with Crippen LogP contribution in [0.5, 0.6) is 0 Å². The largest absolute Gasteiger partial charge is 0.872 e. The number of H-pyrrole nitrogens is 1. The lowest BCUT2D eigenvalue weighted by atomic mass is 9.99. The molecule has 1 saturated heterocycles. The van der Waals surface area contributed by atoms with E-state index in [1.54, 1.807) is 17.0 Å². The smallest absolute Gasteiger partial charge is 0.295 e. The van der Waals surface area contributed by atoms with Gasteiger partial charge in [0.05, 0.1) is 12.6 Å². The summed E-state index contributed by atoms with van der Waals surface area (Å²) in [7, 11) is 0. The highest BCUT2D eigenvalue weighted by Gasteiger charge is 2.44. The Labute approximate surface area is 184 Å². The summed E-state index contributed by atoms with van der Waals surface area (Å²) in [5.74, 6) is -1.66. The summed E-state index contributed by atoms with van der Waals surface area (Å²) in [5, 5.41) is 15.1. The Kier molecular flexibility index (Phi) is 6.74. The van der Waals surface area contributed by atoms with E-state index in [0.717, 1.165) is 10.4 Å². The maximum Gasteiger partial charge on any atom is 0.295 e. The van der Waals surface area contributed by atoms with Crippen molar-refractivity contribution in [2.24, 2.45) is 0 Å². The summed E-state index contributed by atoms with van der Waals surface area (Å²) in [6.45, 7) is 3.04. The molecule has 0 bridgehead atoms. The van der Waals surface area contributed by atoms with Gasteiger partial charge >= 0.3 is 0 Å². The first-order valence-corrected chi connectivity index (χ1v) is 10.3. The Bertz CT molecular complexity index is 1040. The molecule has 3 aromatic rings. The number of aromatic nitrogens is 2. The molecule has 1 fully saturated rings. The van der Waals surface area contributed by atoms with E-state index in [4.69, 9.17) is 0 Å². The minimum atomic E-state index is -0.691. The molecule has 1 aromatic carbocycles. The number of carbonyl (C=O) groups is 2. The van der Waals surface area contributed by atoms with Gasteiger partial charge in [0.25, 0.3) is 5.91 Å². The first-order valence-electron chi connectivity index (χ1n) is 9.45. The zero-order chi connectivity index (χ0) is 20.4. The Morgan fingerprint density at radius 3 is 2.63 bits per heavy atom. The number of rotatable bonds is 6. The molecule has 0 aliphatic carbocycles. The van der Waals surface area contributed by atoms with Crippen molar-refractivity contribution in [1.29, 1.82) is 0 Å². The van der Waals surface area contributed by atoms with E-state index in [1.807, 2.05) is 59.9 Å². The zero-order valence-corrected chi connectivity index (χ0v) is 18.0. The van der Waals surface area contributed by atoms with Crippen LogP contribution in [0.2, 0.25) is 0 Å². The highest BCUT2D eigenvalue weighted by atomic mass is 35.5. The lowest BCUT2D eigenvalue weighted by molar-refractivity contribution is -0.695. The molecule has 156 valence electrons. The summed E-state index contributed by atoms with van der Waals surface area (Å²) in [6, 6.07) is 10.2. The number of nitrogens with one attached hydrogen (secondary N) is 1. The average Bonchev–Trinajstić information content (AvgIpc) is 3.46. The van der Waals surface area contributed by atoms with E-state index in [-0.39, 0.29) is 23.7 Å². The van der Waals surface area contributed by atoms with Crippen molar-refractivity contribution in [2.75, 3.05) is 6.54 Å². The van der Waals surface area contributed by atoms with Crippen LogP contribution in [-0.2, 0) is 16.1 Å². The molecule has 1 atom stereocenters. The molecule has 0 radical (unpaired) electrons. The van der Waals surface area contributed by atoms with E-state index in [2.05, 4.69) is 4.98 Å². The fourth-order valence-electron chi connectivity index (χ4n) is 3.59. The fourth-order valence-corrected chi connectivity index (χ4v) is 4.43. The number of carbonyl (C=O) groups excluding carboxylic acids is 2. The van der Waals surface area contributed by atoms with Gasteiger partial charge in [-0.05, 0) is 23.9 Å². The molecule has 0 saturated carbocycles. The van der Waals surface area contributed by atoms with E-state index in [0.29, 0.717) is 25.1 Å². The van der Waals surface area contributed by atoms with Crippen molar-refractivity contribution in [1.82, 2.24) is 9.88 Å². The van der Waals surface area contributed by atoms with Crippen LogP contribution in [0.3, 0.4) is 0 Å². The molecular formula is C22H22ClN3O3S. The van der Waals surface area contributed by atoms with E-state index in [9.17, 15) is 14.7 Å². The summed E-state index contributed by atoms with van der Waals surface area (Å²) in [5.41, 5.74) is 1.51. The number of Topliss-reactive ketones (excluding diaryl/α,β-unsaturated/α-hetero) is 1. The van der Waals surface area contributed by atoms with Gasteiger partial charge in [-0.25, -0.2) is 4.57 Å². The van der Waals surface area contributed by atoms with E-state index < -0.39 is 17.7 Å². The third kappa shape index (κ3) is 4.17. The van der Waals surface area contributed by atoms with Crippen LogP contribution in [0.4, 0.5) is 0 Å². The molecule has 1 N–H and O–H groups in total. The number of thiophene rings is 1. The number of benzene rings is 1. The number of ketones is 1. The summed E-state index contributed by atoms with van der Waals surface area (Å²) >= 11 is 1.45. The van der Waals surface area contributed by atoms with Crippen LogP contribution in [0.1, 0.15) is 28.5 Å². The van der Waals surface area contributed by atoms with Gasteiger partial charge in [0.1, 0.15) is 12.4 Å². The van der Waals surface area contributed by atoms with Crippen LogP contribution in [0.25, 0.3) is 5.76 Å². The number of hydrogen-bond donors (Lipinski definition) is 1. The van der Waals surface area contributed by atoms with Gasteiger partial charge < -0.3 is 10.0 Å². The molecule has 4 rings (SSSR count). The molecule has 1 aliphatic rings. The Balaban J connectivity index is 0.00000256. The summed E-state index contributed by atoms with van der Waals surface area (Å²) in [4.78, 5) is 31.0. The lowest BCUT2D eigenvalue weighted by Gasteiger charge is -2.26. The van der Waals surface area contributed by atoms with E-state index in [1.165, 1.54) is 11.3 Å². The quantitative estimate of drug-likeness (QED) is 0.275.